The summed E-state index contributed by atoms with van der Waals surface area (Å²) in [5.74, 6) is 3.09. The van der Waals surface area contributed by atoms with Gasteiger partial charge in [0.15, 0.2) is 0 Å². The fourth-order valence-electron chi connectivity index (χ4n) is 2.04. The molecule has 94 valence electrons. The van der Waals surface area contributed by atoms with E-state index in [0.717, 1.165) is 18.0 Å². The van der Waals surface area contributed by atoms with Crippen molar-refractivity contribution in [3.8, 4) is 0 Å². The number of hydrogen-bond acceptors (Lipinski definition) is 2. The quantitative estimate of drug-likeness (QED) is 0.898. The molecule has 17 heavy (non-hydrogen) atoms. The smallest absolute Gasteiger partial charge is 0.123 e. The van der Waals surface area contributed by atoms with Crippen LogP contribution in [0.5, 0.6) is 0 Å². The molecule has 1 aromatic carbocycles. The van der Waals surface area contributed by atoms with Gasteiger partial charge in [0.2, 0.25) is 0 Å². The molecule has 1 nitrogen and oxygen atoms in total. The van der Waals surface area contributed by atoms with Crippen LogP contribution in [0, 0.1) is 11.7 Å². The summed E-state index contributed by atoms with van der Waals surface area (Å²) in [6.07, 6.45) is 2.57. The van der Waals surface area contributed by atoms with E-state index in [1.54, 1.807) is 6.07 Å². The van der Waals surface area contributed by atoms with E-state index in [4.69, 9.17) is 11.6 Å². The predicted molar refractivity (Wildman–Crippen MR) is 73.2 cm³/mol. The van der Waals surface area contributed by atoms with Gasteiger partial charge in [0, 0.05) is 11.6 Å². The van der Waals surface area contributed by atoms with Crippen LogP contribution >= 0.6 is 23.4 Å². The van der Waals surface area contributed by atoms with Gasteiger partial charge in [-0.15, -0.1) is 0 Å². The number of rotatable bonds is 4. The van der Waals surface area contributed by atoms with Crippen LogP contribution in [-0.4, -0.2) is 18.1 Å². The first-order valence-electron chi connectivity index (χ1n) is 5.98. The summed E-state index contributed by atoms with van der Waals surface area (Å²) in [5, 5.41) is 4.02. The first-order chi connectivity index (χ1) is 8.25. The summed E-state index contributed by atoms with van der Waals surface area (Å²) < 4.78 is 13.0. The highest BCUT2D eigenvalue weighted by Crippen LogP contribution is 2.22. The van der Waals surface area contributed by atoms with Crippen molar-refractivity contribution in [1.82, 2.24) is 5.32 Å². The molecule has 1 fully saturated rings. The van der Waals surface area contributed by atoms with E-state index in [9.17, 15) is 4.39 Å². The van der Waals surface area contributed by atoms with Gasteiger partial charge in [0.25, 0.3) is 0 Å². The fourth-order valence-corrected chi connectivity index (χ4v) is 3.43. The lowest BCUT2D eigenvalue weighted by molar-refractivity contribution is 0.447. The molecular weight excluding hydrogens is 257 g/mol. The van der Waals surface area contributed by atoms with Crippen LogP contribution in [0.25, 0.3) is 0 Å². The Balaban J connectivity index is 1.79. The summed E-state index contributed by atoms with van der Waals surface area (Å²) in [7, 11) is 0. The summed E-state index contributed by atoms with van der Waals surface area (Å²) in [4.78, 5) is 0. The zero-order chi connectivity index (χ0) is 12.1. The van der Waals surface area contributed by atoms with E-state index in [1.165, 1.54) is 36.5 Å². The Morgan fingerprint density at radius 2 is 2.12 bits per heavy atom. The van der Waals surface area contributed by atoms with Gasteiger partial charge in [-0.1, -0.05) is 11.6 Å². The number of thioether (sulfide) groups is 1. The Morgan fingerprint density at radius 1 is 1.35 bits per heavy atom. The lowest BCUT2D eigenvalue weighted by Gasteiger charge is -2.21. The standard InChI is InChI=1S/C13H17ClFNS/c14-13-2-1-12(15)7-11(13)9-16-8-10-3-5-17-6-4-10/h1-2,7,10,16H,3-6,8-9H2. The van der Waals surface area contributed by atoms with Crippen LogP contribution in [0.2, 0.25) is 5.02 Å². The third-order valence-electron chi connectivity index (χ3n) is 3.10. The number of nitrogens with one attached hydrogen (secondary N) is 1. The molecule has 0 aliphatic carbocycles. The zero-order valence-corrected chi connectivity index (χ0v) is 11.3. The molecule has 1 aliphatic heterocycles. The molecule has 0 unspecified atom stereocenters. The SMILES string of the molecule is Fc1ccc(Cl)c(CNCC2CCSCC2)c1. The number of benzene rings is 1. The van der Waals surface area contributed by atoms with Gasteiger partial charge < -0.3 is 5.32 Å². The van der Waals surface area contributed by atoms with Crippen molar-refractivity contribution in [2.45, 2.75) is 19.4 Å². The van der Waals surface area contributed by atoms with E-state index >= 15 is 0 Å². The van der Waals surface area contributed by atoms with Crippen LogP contribution < -0.4 is 5.32 Å². The summed E-state index contributed by atoms with van der Waals surface area (Å²) >= 11 is 8.04. The van der Waals surface area contributed by atoms with Gasteiger partial charge in [-0.25, -0.2) is 4.39 Å². The van der Waals surface area contributed by atoms with E-state index in [-0.39, 0.29) is 5.82 Å². The minimum atomic E-state index is -0.222. The lowest BCUT2D eigenvalue weighted by Crippen LogP contribution is -2.25. The molecule has 0 bridgehead atoms. The molecule has 1 N–H and O–H groups in total. The minimum Gasteiger partial charge on any atom is -0.312 e. The Bertz CT molecular complexity index is 366. The van der Waals surface area contributed by atoms with Gasteiger partial charge in [-0.05, 0) is 60.6 Å². The molecule has 4 heteroatoms. The van der Waals surface area contributed by atoms with Crippen molar-refractivity contribution in [3.63, 3.8) is 0 Å². The molecule has 0 radical (unpaired) electrons. The van der Waals surface area contributed by atoms with E-state index in [2.05, 4.69) is 5.32 Å². The summed E-state index contributed by atoms with van der Waals surface area (Å²) in [5.41, 5.74) is 0.844. The van der Waals surface area contributed by atoms with Crippen LogP contribution in [-0.2, 0) is 6.54 Å². The molecule has 0 spiro atoms. The highest BCUT2D eigenvalue weighted by atomic mass is 35.5. The summed E-state index contributed by atoms with van der Waals surface area (Å²) in [6, 6.07) is 4.52. The average Bonchev–Trinajstić information content (AvgIpc) is 2.35. The molecule has 1 aliphatic rings. The van der Waals surface area contributed by atoms with Gasteiger partial charge >= 0.3 is 0 Å². The minimum absolute atomic E-state index is 0.222. The van der Waals surface area contributed by atoms with Crippen molar-refractivity contribution < 1.29 is 4.39 Å². The normalized spacial score (nSPS) is 17.3. The maximum absolute atomic E-state index is 13.0. The topological polar surface area (TPSA) is 12.0 Å². The molecular formula is C13H17ClFNS. The maximum atomic E-state index is 13.0. The van der Waals surface area contributed by atoms with Crippen molar-refractivity contribution in [1.29, 1.82) is 0 Å². The third kappa shape index (κ3) is 4.16. The monoisotopic (exact) mass is 273 g/mol. The predicted octanol–water partition coefficient (Wildman–Crippen LogP) is 3.71. The molecule has 1 saturated heterocycles. The van der Waals surface area contributed by atoms with E-state index in [0.29, 0.717) is 11.6 Å². The van der Waals surface area contributed by atoms with Gasteiger partial charge in [0.1, 0.15) is 5.82 Å². The lowest BCUT2D eigenvalue weighted by atomic mass is 10.0. The second kappa shape index (κ2) is 6.62. The van der Waals surface area contributed by atoms with Crippen LogP contribution in [0.3, 0.4) is 0 Å². The van der Waals surface area contributed by atoms with Gasteiger partial charge in [-0.3, -0.25) is 0 Å². The van der Waals surface area contributed by atoms with Gasteiger partial charge in [-0.2, -0.15) is 11.8 Å². The molecule has 1 aromatic rings. The fraction of sp³-hybridized carbons (Fsp3) is 0.538. The Labute approximate surface area is 111 Å². The first kappa shape index (κ1) is 13.2. The Kier molecular flexibility index (Phi) is 5.14. The average molecular weight is 274 g/mol. The van der Waals surface area contributed by atoms with E-state index < -0.39 is 0 Å². The van der Waals surface area contributed by atoms with Crippen molar-refractivity contribution in [3.05, 3.63) is 34.6 Å². The largest absolute Gasteiger partial charge is 0.312 e. The maximum Gasteiger partial charge on any atom is 0.123 e. The molecule has 2 rings (SSSR count). The number of hydrogen-bond donors (Lipinski definition) is 1. The first-order valence-corrected chi connectivity index (χ1v) is 7.51. The highest BCUT2D eigenvalue weighted by molar-refractivity contribution is 7.99. The van der Waals surface area contributed by atoms with E-state index in [1.807, 2.05) is 11.8 Å². The molecule has 0 saturated carbocycles. The van der Waals surface area contributed by atoms with Crippen molar-refractivity contribution in [2.75, 3.05) is 18.1 Å². The van der Waals surface area contributed by atoms with Crippen LogP contribution in [0.15, 0.2) is 18.2 Å². The van der Waals surface area contributed by atoms with Crippen molar-refractivity contribution in [2.24, 2.45) is 5.92 Å². The Morgan fingerprint density at radius 3 is 2.88 bits per heavy atom. The van der Waals surface area contributed by atoms with Gasteiger partial charge in [0.05, 0.1) is 0 Å². The second-order valence-electron chi connectivity index (χ2n) is 4.42. The number of halogens is 2. The highest BCUT2D eigenvalue weighted by Gasteiger charge is 2.13. The molecule has 0 atom stereocenters. The molecule has 1 heterocycles. The molecule has 0 aromatic heterocycles. The van der Waals surface area contributed by atoms with Crippen molar-refractivity contribution >= 4 is 23.4 Å². The third-order valence-corrected chi connectivity index (χ3v) is 4.51. The van der Waals surface area contributed by atoms with Crippen LogP contribution in [0.1, 0.15) is 18.4 Å². The Hall–Kier alpha value is -0.250. The second-order valence-corrected chi connectivity index (χ2v) is 6.05. The summed E-state index contributed by atoms with van der Waals surface area (Å²) in [6.45, 7) is 1.66. The van der Waals surface area contributed by atoms with Crippen LogP contribution in [0.4, 0.5) is 4.39 Å². The zero-order valence-electron chi connectivity index (χ0n) is 9.72. The molecule has 0 amide bonds.